The second-order valence-electron chi connectivity index (χ2n) is 3.39. The number of nitrogens with zero attached hydrogens (tertiary/aromatic N) is 2. The third-order valence-electron chi connectivity index (χ3n) is 2.21. The molecule has 1 aromatic carbocycles. The number of hydrogen-bond donors (Lipinski definition) is 1. The van der Waals surface area contributed by atoms with Crippen LogP contribution in [0.3, 0.4) is 0 Å². The normalized spacial score (nSPS) is 10.4. The number of nitrogens with one attached hydrogen (secondary N) is 1. The molecule has 88 valence electrons. The molecular formula is C11H8Cl2FN3. The van der Waals surface area contributed by atoms with Gasteiger partial charge in [0.1, 0.15) is 23.1 Å². The van der Waals surface area contributed by atoms with E-state index >= 15 is 0 Å². The zero-order valence-corrected chi connectivity index (χ0v) is 10.3. The first-order valence-corrected chi connectivity index (χ1v) is 5.52. The third kappa shape index (κ3) is 2.65. The Kier molecular flexibility index (Phi) is 3.45. The van der Waals surface area contributed by atoms with Gasteiger partial charge in [0.25, 0.3) is 0 Å². The second-order valence-corrected chi connectivity index (χ2v) is 4.15. The van der Waals surface area contributed by atoms with E-state index < -0.39 is 5.82 Å². The molecule has 0 saturated carbocycles. The van der Waals surface area contributed by atoms with Crippen molar-refractivity contribution in [2.75, 3.05) is 5.32 Å². The van der Waals surface area contributed by atoms with E-state index in [2.05, 4.69) is 15.3 Å². The van der Waals surface area contributed by atoms with E-state index in [4.69, 9.17) is 23.2 Å². The molecular weight excluding hydrogens is 264 g/mol. The maximum atomic E-state index is 12.9. The fourth-order valence-corrected chi connectivity index (χ4v) is 1.62. The maximum absolute atomic E-state index is 12.9. The van der Waals surface area contributed by atoms with Gasteiger partial charge in [0, 0.05) is 5.56 Å². The molecule has 1 N–H and O–H groups in total. The molecule has 3 nitrogen and oxygen atoms in total. The van der Waals surface area contributed by atoms with Crippen molar-refractivity contribution in [3.8, 4) is 0 Å². The SMILES string of the molecule is Cc1c(Cl)ncnc1Nc1ccc(F)cc1Cl. The molecule has 0 amide bonds. The molecule has 0 aliphatic heterocycles. The number of hydrogen-bond acceptors (Lipinski definition) is 3. The summed E-state index contributed by atoms with van der Waals surface area (Å²) >= 11 is 11.8. The van der Waals surface area contributed by atoms with Crippen LogP contribution in [-0.2, 0) is 0 Å². The third-order valence-corrected chi connectivity index (χ3v) is 2.90. The van der Waals surface area contributed by atoms with Crippen molar-refractivity contribution >= 4 is 34.7 Å². The average Bonchev–Trinajstić information content (AvgIpc) is 2.28. The van der Waals surface area contributed by atoms with Crippen LogP contribution < -0.4 is 5.32 Å². The summed E-state index contributed by atoms with van der Waals surface area (Å²) in [5.41, 5.74) is 1.26. The van der Waals surface area contributed by atoms with Gasteiger partial charge in [-0.05, 0) is 25.1 Å². The van der Waals surface area contributed by atoms with E-state index in [-0.39, 0.29) is 5.02 Å². The van der Waals surface area contributed by atoms with Gasteiger partial charge in [-0.25, -0.2) is 14.4 Å². The van der Waals surface area contributed by atoms with Crippen LogP contribution in [0.25, 0.3) is 0 Å². The molecule has 0 radical (unpaired) electrons. The summed E-state index contributed by atoms with van der Waals surface area (Å²) in [5.74, 6) is 0.150. The largest absolute Gasteiger partial charge is 0.339 e. The molecule has 0 unspecified atom stereocenters. The maximum Gasteiger partial charge on any atom is 0.138 e. The number of aromatic nitrogens is 2. The Balaban J connectivity index is 2.35. The Morgan fingerprint density at radius 3 is 2.71 bits per heavy atom. The van der Waals surface area contributed by atoms with E-state index in [1.807, 2.05) is 0 Å². The highest BCUT2D eigenvalue weighted by Crippen LogP contribution is 2.27. The van der Waals surface area contributed by atoms with Gasteiger partial charge < -0.3 is 5.32 Å². The molecule has 0 bridgehead atoms. The Morgan fingerprint density at radius 2 is 2.00 bits per heavy atom. The molecule has 0 aliphatic rings. The van der Waals surface area contributed by atoms with Gasteiger partial charge in [-0.2, -0.15) is 0 Å². The van der Waals surface area contributed by atoms with Crippen molar-refractivity contribution in [1.82, 2.24) is 9.97 Å². The van der Waals surface area contributed by atoms with Gasteiger partial charge >= 0.3 is 0 Å². The van der Waals surface area contributed by atoms with Crippen molar-refractivity contribution in [1.29, 1.82) is 0 Å². The molecule has 0 spiro atoms. The second kappa shape index (κ2) is 4.85. The molecule has 17 heavy (non-hydrogen) atoms. The topological polar surface area (TPSA) is 37.8 Å². The number of rotatable bonds is 2. The smallest absolute Gasteiger partial charge is 0.138 e. The molecule has 2 rings (SSSR count). The highest BCUT2D eigenvalue weighted by atomic mass is 35.5. The van der Waals surface area contributed by atoms with Crippen LogP contribution in [-0.4, -0.2) is 9.97 Å². The van der Waals surface area contributed by atoms with Gasteiger partial charge in [0.15, 0.2) is 0 Å². The number of anilines is 2. The summed E-state index contributed by atoms with van der Waals surface area (Å²) in [6, 6.07) is 4.07. The summed E-state index contributed by atoms with van der Waals surface area (Å²) in [6.07, 6.45) is 1.34. The molecule has 6 heteroatoms. The monoisotopic (exact) mass is 271 g/mol. The predicted octanol–water partition coefficient (Wildman–Crippen LogP) is 3.97. The summed E-state index contributed by atoms with van der Waals surface area (Å²) in [5, 5.41) is 3.61. The minimum absolute atomic E-state index is 0.277. The minimum Gasteiger partial charge on any atom is -0.339 e. The minimum atomic E-state index is -0.391. The molecule has 0 atom stereocenters. The molecule has 0 aliphatic carbocycles. The van der Waals surface area contributed by atoms with Gasteiger partial charge in [-0.1, -0.05) is 23.2 Å². The van der Waals surface area contributed by atoms with Crippen molar-refractivity contribution in [3.05, 3.63) is 46.1 Å². The predicted molar refractivity (Wildman–Crippen MR) is 66.5 cm³/mol. The summed E-state index contributed by atoms with van der Waals surface area (Å²) in [7, 11) is 0. The standard InChI is InChI=1S/C11H8Cl2FN3/c1-6-10(13)15-5-16-11(6)17-9-3-2-7(14)4-8(9)12/h2-5H,1H3,(H,15,16,17). The lowest BCUT2D eigenvalue weighted by atomic mass is 10.3. The van der Waals surface area contributed by atoms with Crippen LogP contribution >= 0.6 is 23.2 Å². The molecule has 1 heterocycles. The van der Waals surface area contributed by atoms with Crippen molar-refractivity contribution in [2.24, 2.45) is 0 Å². The van der Waals surface area contributed by atoms with Crippen molar-refractivity contribution in [3.63, 3.8) is 0 Å². The quantitative estimate of drug-likeness (QED) is 0.840. The van der Waals surface area contributed by atoms with E-state index in [9.17, 15) is 4.39 Å². The zero-order chi connectivity index (χ0) is 12.4. The molecule has 0 saturated heterocycles. The first-order chi connectivity index (χ1) is 8.08. The van der Waals surface area contributed by atoms with Gasteiger partial charge in [0.05, 0.1) is 10.7 Å². The van der Waals surface area contributed by atoms with Crippen LogP contribution in [0, 0.1) is 12.7 Å². The average molecular weight is 272 g/mol. The zero-order valence-electron chi connectivity index (χ0n) is 8.84. The van der Waals surface area contributed by atoms with E-state index in [1.54, 1.807) is 6.92 Å². The van der Waals surface area contributed by atoms with Crippen molar-refractivity contribution in [2.45, 2.75) is 6.92 Å². The van der Waals surface area contributed by atoms with Gasteiger partial charge in [0.2, 0.25) is 0 Å². The van der Waals surface area contributed by atoms with E-state index in [0.29, 0.717) is 22.2 Å². The fourth-order valence-electron chi connectivity index (χ4n) is 1.27. The molecule has 0 fully saturated rings. The van der Waals surface area contributed by atoms with E-state index in [0.717, 1.165) is 0 Å². The first kappa shape index (κ1) is 12.1. The first-order valence-electron chi connectivity index (χ1n) is 4.77. The lowest BCUT2D eigenvalue weighted by molar-refractivity contribution is 0.628. The summed E-state index contributed by atoms with van der Waals surface area (Å²) in [4.78, 5) is 7.88. The van der Waals surface area contributed by atoms with Crippen LogP contribution in [0.2, 0.25) is 10.2 Å². The highest BCUT2D eigenvalue weighted by Gasteiger charge is 2.07. The lowest BCUT2D eigenvalue weighted by Gasteiger charge is -2.10. The van der Waals surface area contributed by atoms with Gasteiger partial charge in [-0.3, -0.25) is 0 Å². The number of halogens is 3. The number of benzene rings is 1. The molecule has 2 aromatic rings. The highest BCUT2D eigenvalue weighted by molar-refractivity contribution is 6.33. The Hall–Kier alpha value is -1.39. The Morgan fingerprint density at radius 1 is 1.24 bits per heavy atom. The Bertz CT molecular complexity index is 560. The van der Waals surface area contributed by atoms with E-state index in [1.165, 1.54) is 24.5 Å². The lowest BCUT2D eigenvalue weighted by Crippen LogP contribution is -1.98. The summed E-state index contributed by atoms with van der Waals surface area (Å²) in [6.45, 7) is 1.78. The molecule has 1 aromatic heterocycles. The van der Waals surface area contributed by atoms with Crippen LogP contribution in [0.5, 0.6) is 0 Å². The summed E-state index contributed by atoms with van der Waals surface area (Å²) < 4.78 is 12.9. The van der Waals surface area contributed by atoms with Crippen molar-refractivity contribution < 1.29 is 4.39 Å². The van der Waals surface area contributed by atoms with Gasteiger partial charge in [-0.15, -0.1) is 0 Å². The van der Waals surface area contributed by atoms with Crippen LogP contribution in [0.4, 0.5) is 15.9 Å². The van der Waals surface area contributed by atoms with Crippen LogP contribution in [0.15, 0.2) is 24.5 Å². The van der Waals surface area contributed by atoms with Crippen LogP contribution in [0.1, 0.15) is 5.56 Å². The fraction of sp³-hybridized carbons (Fsp3) is 0.0909. The Labute approximate surface area is 108 Å².